The van der Waals surface area contributed by atoms with Gasteiger partial charge < -0.3 is 10.4 Å². The molecule has 2 rings (SSSR count). The fraction of sp³-hybridized carbons (Fsp3) is 0.273. The Balaban J connectivity index is 1.98. The van der Waals surface area contributed by atoms with Crippen LogP contribution in [-0.4, -0.2) is 29.6 Å². The van der Waals surface area contributed by atoms with Crippen molar-refractivity contribution in [3.63, 3.8) is 0 Å². The van der Waals surface area contributed by atoms with Crippen LogP contribution in [0.1, 0.15) is 0 Å². The molecule has 8 heteroatoms. The van der Waals surface area contributed by atoms with E-state index in [0.29, 0.717) is 6.07 Å². The number of carbonyl (C=O) groups excluding carboxylic acids is 2. The minimum atomic E-state index is -1.24. The highest BCUT2D eigenvalue weighted by atomic mass is 19.1. The van der Waals surface area contributed by atoms with Gasteiger partial charge in [0, 0.05) is 12.6 Å². The molecule has 1 aromatic rings. The first-order valence-corrected chi connectivity index (χ1v) is 5.45. The summed E-state index contributed by atoms with van der Waals surface area (Å²) in [7, 11) is 0. The van der Waals surface area contributed by atoms with E-state index in [0.717, 1.165) is 12.1 Å². The molecule has 1 aromatic carbocycles. The van der Waals surface area contributed by atoms with Crippen molar-refractivity contribution >= 4 is 17.5 Å². The first-order chi connectivity index (χ1) is 8.97. The molecule has 0 bridgehead atoms. The number of rotatable bonds is 3. The Morgan fingerprint density at radius 3 is 2.47 bits per heavy atom. The Morgan fingerprint density at radius 1 is 1.32 bits per heavy atom. The lowest BCUT2D eigenvalue weighted by molar-refractivity contribution is -0.135. The largest absolute Gasteiger partial charge is 0.390 e. The lowest BCUT2D eigenvalue weighted by Gasteiger charge is -2.13. The summed E-state index contributed by atoms with van der Waals surface area (Å²) in [6, 6.07) is 2.62. The maximum absolute atomic E-state index is 12.9. The van der Waals surface area contributed by atoms with Crippen LogP contribution in [0.25, 0.3) is 0 Å². The fourth-order valence-corrected chi connectivity index (χ4v) is 1.74. The second kappa shape index (κ2) is 5.19. The maximum atomic E-state index is 12.9. The van der Waals surface area contributed by atoms with Gasteiger partial charge in [0.2, 0.25) is 5.91 Å². The van der Waals surface area contributed by atoms with Gasteiger partial charge in [-0.25, -0.2) is 8.78 Å². The van der Waals surface area contributed by atoms with Crippen LogP contribution >= 0.6 is 0 Å². The van der Waals surface area contributed by atoms with Crippen molar-refractivity contribution in [1.82, 2.24) is 10.7 Å². The van der Waals surface area contributed by atoms with Crippen LogP contribution in [0.15, 0.2) is 18.2 Å². The van der Waals surface area contributed by atoms with Gasteiger partial charge in [0.25, 0.3) is 5.91 Å². The zero-order valence-electron chi connectivity index (χ0n) is 9.61. The zero-order valence-corrected chi connectivity index (χ0v) is 9.61. The molecule has 0 radical (unpaired) electrons. The van der Waals surface area contributed by atoms with E-state index in [2.05, 4.69) is 16.2 Å². The topological polar surface area (TPSA) is 90.5 Å². The predicted molar refractivity (Wildman–Crippen MR) is 60.6 cm³/mol. The lowest BCUT2D eigenvalue weighted by atomic mass is 10.1. The highest BCUT2D eigenvalue weighted by molar-refractivity contribution is 6.02. The number of hydrogen-bond donors (Lipinski definition) is 4. The van der Waals surface area contributed by atoms with Gasteiger partial charge in [0.15, 0.2) is 0 Å². The summed E-state index contributed by atoms with van der Waals surface area (Å²) in [5.41, 5.74) is 4.37. The van der Waals surface area contributed by atoms with Crippen LogP contribution < -0.4 is 16.2 Å². The summed E-state index contributed by atoms with van der Waals surface area (Å²) >= 11 is 0. The number of hydrogen-bond acceptors (Lipinski definition) is 4. The van der Waals surface area contributed by atoms with Crippen LogP contribution in [-0.2, 0) is 9.59 Å². The molecule has 1 fully saturated rings. The number of amides is 2. The molecule has 102 valence electrons. The van der Waals surface area contributed by atoms with Crippen molar-refractivity contribution in [2.75, 3.05) is 12.0 Å². The van der Waals surface area contributed by atoms with Crippen LogP contribution in [0.3, 0.4) is 0 Å². The van der Waals surface area contributed by atoms with Crippen LogP contribution in [0, 0.1) is 17.6 Å². The molecule has 0 aliphatic carbocycles. The Morgan fingerprint density at radius 2 is 1.95 bits per heavy atom. The van der Waals surface area contributed by atoms with E-state index < -0.39 is 35.5 Å². The van der Waals surface area contributed by atoms with E-state index in [-0.39, 0.29) is 12.2 Å². The normalized spacial score (nSPS) is 21.9. The summed E-state index contributed by atoms with van der Waals surface area (Å²) in [6.07, 6.45) is -1.13. The van der Waals surface area contributed by atoms with E-state index in [1.165, 1.54) is 0 Å². The highest BCUT2D eigenvalue weighted by Gasteiger charge is 2.39. The average molecular weight is 271 g/mol. The number of benzene rings is 1. The third-order valence-corrected chi connectivity index (χ3v) is 2.63. The number of anilines is 1. The highest BCUT2D eigenvalue weighted by Crippen LogP contribution is 2.13. The smallest absolute Gasteiger partial charge is 0.253 e. The molecule has 1 aliphatic heterocycles. The van der Waals surface area contributed by atoms with Crippen molar-refractivity contribution in [2.24, 2.45) is 5.92 Å². The Labute approximate surface area is 106 Å². The second-order valence-corrected chi connectivity index (χ2v) is 4.06. The van der Waals surface area contributed by atoms with E-state index in [4.69, 9.17) is 0 Å². The summed E-state index contributed by atoms with van der Waals surface area (Å²) in [4.78, 5) is 22.9. The van der Waals surface area contributed by atoms with Crippen molar-refractivity contribution in [1.29, 1.82) is 0 Å². The first kappa shape index (κ1) is 13.2. The molecule has 2 atom stereocenters. The third-order valence-electron chi connectivity index (χ3n) is 2.63. The summed E-state index contributed by atoms with van der Waals surface area (Å²) < 4.78 is 25.8. The maximum Gasteiger partial charge on any atom is 0.253 e. The molecule has 1 aliphatic rings. The third kappa shape index (κ3) is 2.97. The molecule has 6 nitrogen and oxygen atoms in total. The van der Waals surface area contributed by atoms with E-state index in [1.54, 1.807) is 0 Å². The SMILES string of the molecule is O=C1NCC(O)C1C(=O)NNc1cc(F)cc(F)c1. The summed E-state index contributed by atoms with van der Waals surface area (Å²) in [6.45, 7) is -0.00842. The van der Waals surface area contributed by atoms with Gasteiger partial charge in [-0.1, -0.05) is 0 Å². The number of β-amino-alcohol motifs (C(OH)–C–C–N with tert-alkyl or cyclic N) is 1. The van der Waals surface area contributed by atoms with E-state index >= 15 is 0 Å². The monoisotopic (exact) mass is 271 g/mol. The number of nitrogens with one attached hydrogen (secondary N) is 3. The van der Waals surface area contributed by atoms with Crippen LogP contribution in [0.2, 0.25) is 0 Å². The molecule has 1 heterocycles. The minimum Gasteiger partial charge on any atom is -0.390 e. The van der Waals surface area contributed by atoms with Gasteiger partial charge in [-0.3, -0.25) is 20.4 Å². The van der Waals surface area contributed by atoms with Gasteiger partial charge in [0.05, 0.1) is 11.8 Å². The molecule has 0 saturated carbocycles. The molecule has 0 spiro atoms. The first-order valence-electron chi connectivity index (χ1n) is 5.45. The molecule has 4 N–H and O–H groups in total. The van der Waals surface area contributed by atoms with Gasteiger partial charge in [0.1, 0.15) is 17.6 Å². The zero-order chi connectivity index (χ0) is 14.0. The number of aliphatic hydroxyl groups excluding tert-OH is 1. The number of hydrazine groups is 1. The van der Waals surface area contributed by atoms with Gasteiger partial charge in [-0.05, 0) is 12.1 Å². The molecular weight excluding hydrogens is 260 g/mol. The van der Waals surface area contributed by atoms with Crippen LogP contribution in [0.4, 0.5) is 14.5 Å². The molecule has 19 heavy (non-hydrogen) atoms. The molecule has 2 amide bonds. The van der Waals surface area contributed by atoms with Gasteiger partial charge in [-0.2, -0.15) is 0 Å². The Hall–Kier alpha value is -2.22. The van der Waals surface area contributed by atoms with Crippen molar-refractivity contribution < 1.29 is 23.5 Å². The Kier molecular flexibility index (Phi) is 3.61. The lowest BCUT2D eigenvalue weighted by Crippen LogP contribution is -2.42. The predicted octanol–water partition coefficient (Wildman–Crippen LogP) is -0.485. The standard InChI is InChI=1S/C11H11F2N3O3/c12-5-1-6(13)3-7(2-5)15-16-11(19)9-8(17)4-14-10(9)18/h1-3,8-9,15,17H,4H2,(H,14,18)(H,16,19). The molecule has 0 aromatic heterocycles. The van der Waals surface area contributed by atoms with Gasteiger partial charge >= 0.3 is 0 Å². The molecule has 2 unspecified atom stereocenters. The number of halogens is 2. The van der Waals surface area contributed by atoms with E-state index in [9.17, 15) is 23.5 Å². The fourth-order valence-electron chi connectivity index (χ4n) is 1.74. The van der Waals surface area contributed by atoms with Gasteiger partial charge in [-0.15, -0.1) is 0 Å². The van der Waals surface area contributed by atoms with Crippen molar-refractivity contribution in [2.45, 2.75) is 6.10 Å². The summed E-state index contributed by atoms with van der Waals surface area (Å²) in [5.74, 6) is -4.25. The minimum absolute atomic E-state index is 0.00842. The molecular formula is C11H11F2N3O3. The summed E-state index contributed by atoms with van der Waals surface area (Å²) in [5, 5.41) is 11.7. The second-order valence-electron chi connectivity index (χ2n) is 4.06. The average Bonchev–Trinajstić information content (AvgIpc) is 2.65. The van der Waals surface area contributed by atoms with Crippen molar-refractivity contribution in [3.8, 4) is 0 Å². The molecule has 1 saturated heterocycles. The number of carbonyl (C=O) groups is 2. The van der Waals surface area contributed by atoms with Crippen LogP contribution in [0.5, 0.6) is 0 Å². The number of aliphatic hydroxyl groups is 1. The van der Waals surface area contributed by atoms with E-state index in [1.807, 2.05) is 0 Å². The Bertz CT molecular complexity index is 504. The van der Waals surface area contributed by atoms with Crippen molar-refractivity contribution in [3.05, 3.63) is 29.8 Å². The quantitative estimate of drug-likeness (QED) is 0.441.